The van der Waals surface area contributed by atoms with Crippen LogP contribution in [-0.4, -0.2) is 15.3 Å². The zero-order chi connectivity index (χ0) is 13.5. The molecule has 1 heterocycles. The fourth-order valence-corrected chi connectivity index (χ4v) is 2.84. The third kappa shape index (κ3) is 4.31. The smallest absolute Gasteiger partial charge is 0.147 e. The highest BCUT2D eigenvalue weighted by atomic mass is 32.1. The van der Waals surface area contributed by atoms with Gasteiger partial charge >= 0.3 is 0 Å². The lowest BCUT2D eigenvalue weighted by Crippen LogP contribution is -1.85. The van der Waals surface area contributed by atoms with Gasteiger partial charge in [-0.15, -0.1) is 10.2 Å². The predicted octanol–water partition coefficient (Wildman–Crippen LogP) is 4.42. The van der Waals surface area contributed by atoms with Crippen LogP contribution in [0.3, 0.4) is 0 Å². The molecule has 0 aliphatic carbocycles. The summed E-state index contributed by atoms with van der Waals surface area (Å²) in [6, 6.07) is 7.12. The SMILES string of the molecule is CCCCCCCc1nnc(-c2ccc(O)cc2)s1. The lowest BCUT2D eigenvalue weighted by molar-refractivity contribution is 0.475. The van der Waals surface area contributed by atoms with Gasteiger partial charge in [-0.2, -0.15) is 0 Å². The van der Waals surface area contributed by atoms with Gasteiger partial charge in [0.15, 0.2) is 0 Å². The van der Waals surface area contributed by atoms with Crippen LogP contribution in [-0.2, 0) is 6.42 Å². The highest BCUT2D eigenvalue weighted by Crippen LogP contribution is 2.25. The molecule has 2 aromatic rings. The second kappa shape index (κ2) is 7.24. The first-order valence-corrected chi connectivity index (χ1v) is 7.73. The van der Waals surface area contributed by atoms with Crippen molar-refractivity contribution in [2.24, 2.45) is 0 Å². The second-order valence-corrected chi connectivity index (χ2v) is 5.77. The Morgan fingerprint density at radius 3 is 2.47 bits per heavy atom. The van der Waals surface area contributed by atoms with Gasteiger partial charge in [-0.25, -0.2) is 0 Å². The fraction of sp³-hybridized carbons (Fsp3) is 0.467. The average Bonchev–Trinajstić information content (AvgIpc) is 2.88. The summed E-state index contributed by atoms with van der Waals surface area (Å²) in [5.41, 5.74) is 1.02. The molecule has 1 aromatic heterocycles. The minimum Gasteiger partial charge on any atom is -0.508 e. The van der Waals surface area contributed by atoms with Crippen LogP contribution < -0.4 is 0 Å². The summed E-state index contributed by atoms with van der Waals surface area (Å²) in [7, 11) is 0. The average molecular weight is 276 g/mol. The van der Waals surface area contributed by atoms with E-state index in [1.54, 1.807) is 23.5 Å². The molecule has 0 fully saturated rings. The number of hydrogen-bond acceptors (Lipinski definition) is 4. The van der Waals surface area contributed by atoms with E-state index in [0.29, 0.717) is 0 Å². The maximum atomic E-state index is 9.26. The molecule has 1 aromatic carbocycles. The zero-order valence-corrected chi connectivity index (χ0v) is 12.1. The van der Waals surface area contributed by atoms with Crippen molar-refractivity contribution in [3.8, 4) is 16.3 Å². The first kappa shape index (κ1) is 14.0. The van der Waals surface area contributed by atoms with Crippen molar-refractivity contribution in [1.29, 1.82) is 0 Å². The summed E-state index contributed by atoms with van der Waals surface area (Å²) in [6.45, 7) is 2.23. The number of benzene rings is 1. The maximum Gasteiger partial charge on any atom is 0.147 e. The van der Waals surface area contributed by atoms with Crippen molar-refractivity contribution < 1.29 is 5.11 Å². The van der Waals surface area contributed by atoms with Gasteiger partial charge in [0, 0.05) is 12.0 Å². The Morgan fingerprint density at radius 1 is 1.00 bits per heavy atom. The van der Waals surface area contributed by atoms with Crippen LogP contribution in [0.15, 0.2) is 24.3 Å². The third-order valence-electron chi connectivity index (χ3n) is 3.08. The molecule has 0 radical (unpaired) electrons. The molecule has 0 saturated heterocycles. The summed E-state index contributed by atoms with van der Waals surface area (Å²) in [4.78, 5) is 0. The molecule has 2 rings (SSSR count). The quantitative estimate of drug-likeness (QED) is 0.761. The van der Waals surface area contributed by atoms with Crippen LogP contribution in [0.1, 0.15) is 44.0 Å². The molecular formula is C15H20N2OS. The Kier molecular flexibility index (Phi) is 5.33. The van der Waals surface area contributed by atoms with E-state index >= 15 is 0 Å². The second-order valence-electron chi connectivity index (χ2n) is 4.71. The maximum absolute atomic E-state index is 9.26. The van der Waals surface area contributed by atoms with Crippen LogP contribution >= 0.6 is 11.3 Å². The number of nitrogens with zero attached hydrogens (tertiary/aromatic N) is 2. The normalized spacial score (nSPS) is 10.8. The van der Waals surface area contributed by atoms with Crippen LogP contribution in [0.4, 0.5) is 0 Å². The Hall–Kier alpha value is -1.42. The number of aromatic hydroxyl groups is 1. The van der Waals surface area contributed by atoms with Crippen LogP contribution in [0.2, 0.25) is 0 Å². The topological polar surface area (TPSA) is 46.0 Å². The molecule has 0 atom stereocenters. The van der Waals surface area contributed by atoms with Crippen LogP contribution in [0, 0.1) is 0 Å². The Bertz CT molecular complexity index is 493. The van der Waals surface area contributed by atoms with E-state index < -0.39 is 0 Å². The molecule has 0 spiro atoms. The molecule has 0 amide bonds. The number of phenols is 1. The summed E-state index contributed by atoms with van der Waals surface area (Å²) in [5.74, 6) is 0.282. The van der Waals surface area contributed by atoms with Crippen molar-refractivity contribution in [2.75, 3.05) is 0 Å². The lowest BCUT2D eigenvalue weighted by Gasteiger charge is -1.97. The minimum atomic E-state index is 0.282. The van der Waals surface area contributed by atoms with E-state index in [1.807, 2.05) is 12.1 Å². The summed E-state index contributed by atoms with van der Waals surface area (Å²) in [6.07, 6.45) is 7.43. The van der Waals surface area contributed by atoms with E-state index in [9.17, 15) is 5.11 Å². The van der Waals surface area contributed by atoms with Gasteiger partial charge in [0.2, 0.25) is 0 Å². The molecule has 0 aliphatic heterocycles. The molecule has 4 heteroatoms. The van der Waals surface area contributed by atoms with Crippen LogP contribution in [0.5, 0.6) is 5.75 Å². The third-order valence-corrected chi connectivity index (χ3v) is 4.11. The Balaban J connectivity index is 1.86. The van der Waals surface area contributed by atoms with E-state index in [4.69, 9.17) is 0 Å². The molecule has 0 aliphatic rings. The first-order chi connectivity index (χ1) is 9.29. The van der Waals surface area contributed by atoms with E-state index in [2.05, 4.69) is 17.1 Å². The highest BCUT2D eigenvalue weighted by Gasteiger charge is 2.06. The van der Waals surface area contributed by atoms with Gasteiger partial charge in [-0.1, -0.05) is 43.9 Å². The van der Waals surface area contributed by atoms with Crippen molar-refractivity contribution in [3.63, 3.8) is 0 Å². The van der Waals surface area contributed by atoms with Gasteiger partial charge in [-0.05, 0) is 30.7 Å². The monoisotopic (exact) mass is 276 g/mol. The molecule has 1 N–H and O–H groups in total. The summed E-state index contributed by atoms with van der Waals surface area (Å²) in [5, 5.41) is 19.8. The first-order valence-electron chi connectivity index (χ1n) is 6.91. The summed E-state index contributed by atoms with van der Waals surface area (Å²) < 4.78 is 0. The largest absolute Gasteiger partial charge is 0.508 e. The van der Waals surface area contributed by atoms with Gasteiger partial charge in [0.05, 0.1) is 0 Å². The minimum absolute atomic E-state index is 0.282. The number of aromatic nitrogens is 2. The summed E-state index contributed by atoms with van der Waals surface area (Å²) >= 11 is 1.65. The molecule has 0 saturated carbocycles. The molecule has 3 nitrogen and oxygen atoms in total. The van der Waals surface area contributed by atoms with Gasteiger partial charge in [-0.3, -0.25) is 0 Å². The predicted molar refractivity (Wildman–Crippen MR) is 79.5 cm³/mol. The number of aryl methyl sites for hydroxylation is 1. The standard InChI is InChI=1S/C15H20N2OS/c1-2-3-4-5-6-7-14-16-17-15(19-14)12-8-10-13(18)11-9-12/h8-11,18H,2-7H2,1H3. The molecule has 102 valence electrons. The molecular weight excluding hydrogens is 256 g/mol. The lowest BCUT2D eigenvalue weighted by atomic mass is 10.1. The number of unbranched alkanes of at least 4 members (excludes halogenated alkanes) is 4. The van der Waals surface area contributed by atoms with E-state index in [0.717, 1.165) is 22.0 Å². The van der Waals surface area contributed by atoms with Crippen molar-refractivity contribution in [2.45, 2.75) is 45.4 Å². The van der Waals surface area contributed by atoms with E-state index in [1.165, 1.54) is 32.1 Å². The number of phenolic OH excluding ortho intramolecular Hbond substituents is 1. The van der Waals surface area contributed by atoms with E-state index in [-0.39, 0.29) is 5.75 Å². The van der Waals surface area contributed by atoms with Crippen molar-refractivity contribution in [1.82, 2.24) is 10.2 Å². The number of hydrogen-bond donors (Lipinski definition) is 1. The highest BCUT2D eigenvalue weighted by molar-refractivity contribution is 7.14. The van der Waals surface area contributed by atoms with Crippen molar-refractivity contribution in [3.05, 3.63) is 29.3 Å². The van der Waals surface area contributed by atoms with Gasteiger partial charge in [0.25, 0.3) is 0 Å². The van der Waals surface area contributed by atoms with Crippen LogP contribution in [0.25, 0.3) is 10.6 Å². The molecule has 19 heavy (non-hydrogen) atoms. The molecule has 0 bridgehead atoms. The number of rotatable bonds is 7. The molecule has 0 unspecified atom stereocenters. The Morgan fingerprint density at radius 2 is 1.74 bits per heavy atom. The zero-order valence-electron chi connectivity index (χ0n) is 11.3. The Labute approximate surface area is 118 Å². The van der Waals surface area contributed by atoms with Gasteiger partial charge in [0.1, 0.15) is 15.8 Å². The van der Waals surface area contributed by atoms with Gasteiger partial charge < -0.3 is 5.11 Å². The fourth-order valence-electron chi connectivity index (χ4n) is 1.96. The van der Waals surface area contributed by atoms with Crippen molar-refractivity contribution >= 4 is 11.3 Å².